The predicted octanol–water partition coefficient (Wildman–Crippen LogP) is 1.34. The molecule has 7 nitrogen and oxygen atoms in total. The Bertz CT molecular complexity index is 561. The van der Waals surface area contributed by atoms with Crippen molar-refractivity contribution >= 4 is 17.7 Å². The van der Waals surface area contributed by atoms with E-state index in [4.69, 9.17) is 9.47 Å². The van der Waals surface area contributed by atoms with Gasteiger partial charge in [-0.15, -0.1) is 0 Å². The van der Waals surface area contributed by atoms with E-state index in [-0.39, 0.29) is 18.0 Å². The molecule has 1 aliphatic rings. The first-order chi connectivity index (χ1) is 11.6. The molecule has 1 N–H and O–H groups in total. The van der Waals surface area contributed by atoms with Gasteiger partial charge in [0.2, 0.25) is 0 Å². The van der Waals surface area contributed by atoms with E-state index >= 15 is 0 Å². The second-order valence-corrected chi connectivity index (χ2v) is 5.75. The molecule has 1 aromatic carbocycles. The zero-order valence-electron chi connectivity index (χ0n) is 14.4. The Morgan fingerprint density at radius 3 is 2.50 bits per heavy atom. The first-order valence-electron chi connectivity index (χ1n) is 8.03. The SMILES string of the molecule is COCCNC(=O)N1CCN(c2ccc(C(=O)OC)cc2)C[C@@H]1C. The summed E-state index contributed by atoms with van der Waals surface area (Å²) >= 11 is 0. The van der Waals surface area contributed by atoms with E-state index in [1.54, 1.807) is 19.2 Å². The highest BCUT2D eigenvalue weighted by Gasteiger charge is 2.27. The predicted molar refractivity (Wildman–Crippen MR) is 91.4 cm³/mol. The van der Waals surface area contributed by atoms with Gasteiger partial charge < -0.3 is 24.6 Å². The maximum absolute atomic E-state index is 12.2. The molecule has 1 heterocycles. The van der Waals surface area contributed by atoms with Crippen LogP contribution in [0.1, 0.15) is 17.3 Å². The molecule has 0 radical (unpaired) electrons. The Kier molecular flexibility index (Phi) is 6.43. The van der Waals surface area contributed by atoms with Gasteiger partial charge in [-0.25, -0.2) is 9.59 Å². The maximum Gasteiger partial charge on any atom is 0.337 e. The van der Waals surface area contributed by atoms with Gasteiger partial charge in [0, 0.05) is 45.0 Å². The molecule has 0 aliphatic carbocycles. The van der Waals surface area contributed by atoms with E-state index < -0.39 is 0 Å². The molecule has 24 heavy (non-hydrogen) atoms. The minimum absolute atomic E-state index is 0.0553. The van der Waals surface area contributed by atoms with Gasteiger partial charge in [-0.1, -0.05) is 0 Å². The summed E-state index contributed by atoms with van der Waals surface area (Å²) < 4.78 is 9.65. The van der Waals surface area contributed by atoms with Gasteiger partial charge in [-0.05, 0) is 31.2 Å². The number of carbonyl (C=O) groups is 2. The number of piperazine rings is 1. The number of nitrogens with one attached hydrogen (secondary N) is 1. The van der Waals surface area contributed by atoms with Crippen molar-refractivity contribution in [2.75, 3.05) is 51.9 Å². The van der Waals surface area contributed by atoms with Crippen molar-refractivity contribution in [2.24, 2.45) is 0 Å². The molecule has 1 fully saturated rings. The molecule has 0 spiro atoms. The molecule has 1 aliphatic heterocycles. The number of benzene rings is 1. The fourth-order valence-electron chi connectivity index (χ4n) is 2.78. The Balaban J connectivity index is 1.92. The van der Waals surface area contributed by atoms with Crippen molar-refractivity contribution in [1.82, 2.24) is 10.2 Å². The van der Waals surface area contributed by atoms with Crippen LogP contribution in [0.2, 0.25) is 0 Å². The fraction of sp³-hybridized carbons (Fsp3) is 0.529. The van der Waals surface area contributed by atoms with Crippen LogP contribution in [0, 0.1) is 0 Å². The number of esters is 1. The van der Waals surface area contributed by atoms with E-state index in [2.05, 4.69) is 10.2 Å². The lowest BCUT2D eigenvalue weighted by Crippen LogP contribution is -2.56. The summed E-state index contributed by atoms with van der Waals surface area (Å²) in [5, 5.41) is 2.86. The summed E-state index contributed by atoms with van der Waals surface area (Å²) in [6, 6.07) is 7.38. The van der Waals surface area contributed by atoms with E-state index in [0.29, 0.717) is 25.3 Å². The van der Waals surface area contributed by atoms with Crippen molar-refractivity contribution in [3.05, 3.63) is 29.8 Å². The largest absolute Gasteiger partial charge is 0.465 e. The minimum atomic E-state index is -0.340. The summed E-state index contributed by atoms with van der Waals surface area (Å²) in [4.78, 5) is 27.7. The van der Waals surface area contributed by atoms with Crippen LogP contribution in [0.25, 0.3) is 0 Å². The molecular formula is C17H25N3O4. The lowest BCUT2D eigenvalue weighted by molar-refractivity contribution is 0.0600. The summed E-state index contributed by atoms with van der Waals surface area (Å²) in [6.45, 7) is 5.20. The molecule has 1 saturated heterocycles. The quantitative estimate of drug-likeness (QED) is 0.649. The van der Waals surface area contributed by atoms with Gasteiger partial charge in [0.1, 0.15) is 0 Å². The van der Waals surface area contributed by atoms with Crippen molar-refractivity contribution < 1.29 is 19.1 Å². The summed E-state index contributed by atoms with van der Waals surface area (Å²) in [6.07, 6.45) is 0. The number of carbonyl (C=O) groups excluding carboxylic acids is 2. The average molecular weight is 335 g/mol. The second kappa shape index (κ2) is 8.54. The molecule has 0 bridgehead atoms. The molecule has 1 aromatic rings. The number of hydrogen-bond acceptors (Lipinski definition) is 5. The molecule has 0 saturated carbocycles. The van der Waals surface area contributed by atoms with E-state index in [9.17, 15) is 9.59 Å². The first kappa shape index (κ1) is 18.1. The molecule has 132 valence electrons. The van der Waals surface area contributed by atoms with Gasteiger partial charge in [0.25, 0.3) is 0 Å². The van der Waals surface area contributed by atoms with Gasteiger partial charge in [-0.3, -0.25) is 0 Å². The minimum Gasteiger partial charge on any atom is -0.465 e. The number of ether oxygens (including phenoxy) is 2. The number of rotatable bonds is 5. The van der Waals surface area contributed by atoms with Crippen LogP contribution in [0.4, 0.5) is 10.5 Å². The molecule has 7 heteroatoms. The molecule has 0 unspecified atom stereocenters. The number of nitrogens with zero attached hydrogens (tertiary/aromatic N) is 2. The summed E-state index contributed by atoms with van der Waals surface area (Å²) in [7, 11) is 2.98. The van der Waals surface area contributed by atoms with Crippen LogP contribution in [0.15, 0.2) is 24.3 Å². The van der Waals surface area contributed by atoms with Gasteiger partial charge >= 0.3 is 12.0 Å². The zero-order chi connectivity index (χ0) is 17.5. The third-order valence-electron chi connectivity index (χ3n) is 4.12. The maximum atomic E-state index is 12.2. The number of anilines is 1. The van der Waals surface area contributed by atoms with Crippen LogP contribution in [-0.4, -0.2) is 69.9 Å². The Morgan fingerprint density at radius 2 is 1.92 bits per heavy atom. The Hall–Kier alpha value is -2.28. The highest BCUT2D eigenvalue weighted by Crippen LogP contribution is 2.20. The van der Waals surface area contributed by atoms with Crippen LogP contribution < -0.4 is 10.2 Å². The number of methoxy groups -OCH3 is 2. The third kappa shape index (κ3) is 4.38. The summed E-state index contributed by atoms with van der Waals surface area (Å²) in [5.74, 6) is -0.340. The molecule has 1 atom stereocenters. The van der Waals surface area contributed by atoms with Crippen molar-refractivity contribution in [3.8, 4) is 0 Å². The van der Waals surface area contributed by atoms with Gasteiger partial charge in [-0.2, -0.15) is 0 Å². The number of hydrogen-bond donors (Lipinski definition) is 1. The highest BCUT2D eigenvalue weighted by molar-refractivity contribution is 5.89. The average Bonchev–Trinajstić information content (AvgIpc) is 2.61. The monoisotopic (exact) mass is 335 g/mol. The third-order valence-corrected chi connectivity index (χ3v) is 4.12. The van der Waals surface area contributed by atoms with Gasteiger partial charge in [0.15, 0.2) is 0 Å². The fourth-order valence-corrected chi connectivity index (χ4v) is 2.78. The molecule has 0 aromatic heterocycles. The van der Waals surface area contributed by atoms with Crippen molar-refractivity contribution in [2.45, 2.75) is 13.0 Å². The van der Waals surface area contributed by atoms with E-state index in [1.807, 2.05) is 24.0 Å². The molecular weight excluding hydrogens is 310 g/mol. The smallest absolute Gasteiger partial charge is 0.337 e. The standard InChI is InChI=1S/C17H25N3O4/c1-13-12-19(9-10-20(13)17(22)18-8-11-23-2)15-6-4-14(5-7-15)16(21)24-3/h4-7,13H,8-12H2,1-3H3,(H,18,22)/t13-/m0/s1. The number of amides is 2. The lowest BCUT2D eigenvalue weighted by atomic mass is 10.1. The van der Waals surface area contributed by atoms with Crippen LogP contribution in [0.3, 0.4) is 0 Å². The lowest BCUT2D eigenvalue weighted by Gasteiger charge is -2.40. The zero-order valence-corrected chi connectivity index (χ0v) is 14.4. The van der Waals surface area contributed by atoms with Crippen molar-refractivity contribution in [1.29, 1.82) is 0 Å². The Morgan fingerprint density at radius 1 is 1.21 bits per heavy atom. The van der Waals surface area contributed by atoms with E-state index in [1.165, 1.54) is 7.11 Å². The second-order valence-electron chi connectivity index (χ2n) is 5.75. The topological polar surface area (TPSA) is 71.1 Å². The summed E-state index contributed by atoms with van der Waals surface area (Å²) in [5.41, 5.74) is 1.57. The van der Waals surface area contributed by atoms with E-state index in [0.717, 1.165) is 18.8 Å². The highest BCUT2D eigenvalue weighted by atomic mass is 16.5. The first-order valence-corrected chi connectivity index (χ1v) is 8.03. The molecule has 2 amide bonds. The van der Waals surface area contributed by atoms with Crippen LogP contribution in [-0.2, 0) is 9.47 Å². The Labute approximate surface area is 142 Å². The number of urea groups is 1. The van der Waals surface area contributed by atoms with Crippen LogP contribution in [0.5, 0.6) is 0 Å². The normalized spacial score (nSPS) is 17.5. The van der Waals surface area contributed by atoms with Crippen molar-refractivity contribution in [3.63, 3.8) is 0 Å². The molecule has 2 rings (SSSR count). The van der Waals surface area contributed by atoms with Gasteiger partial charge in [0.05, 0.1) is 19.3 Å². The van der Waals surface area contributed by atoms with Crippen LogP contribution >= 0.6 is 0 Å².